The van der Waals surface area contributed by atoms with Gasteiger partial charge in [0, 0.05) is 31.3 Å². The molecule has 0 atom stereocenters. The molecular formula is C15H20N2O4. The maximum absolute atomic E-state index is 12.1. The van der Waals surface area contributed by atoms with E-state index in [1.54, 1.807) is 29.2 Å². The predicted octanol–water partition coefficient (Wildman–Crippen LogP) is 1.67. The summed E-state index contributed by atoms with van der Waals surface area (Å²) in [7, 11) is 0. The lowest BCUT2D eigenvalue weighted by Crippen LogP contribution is -2.30. The molecular weight excluding hydrogens is 272 g/mol. The first-order valence-corrected chi connectivity index (χ1v) is 6.80. The highest BCUT2D eigenvalue weighted by Gasteiger charge is 2.12. The van der Waals surface area contributed by atoms with Gasteiger partial charge in [-0.1, -0.05) is 0 Å². The van der Waals surface area contributed by atoms with Crippen LogP contribution in [0.15, 0.2) is 24.3 Å². The molecule has 21 heavy (non-hydrogen) atoms. The maximum Gasteiger partial charge on any atom is 0.303 e. The van der Waals surface area contributed by atoms with Gasteiger partial charge in [-0.25, -0.2) is 0 Å². The summed E-state index contributed by atoms with van der Waals surface area (Å²) in [4.78, 5) is 35.9. The molecule has 1 rings (SSSR count). The number of hydrogen-bond acceptors (Lipinski definition) is 4. The zero-order valence-corrected chi connectivity index (χ0v) is 12.5. The number of nitrogens with one attached hydrogen (secondary N) is 1. The van der Waals surface area contributed by atoms with Gasteiger partial charge in [0.2, 0.25) is 0 Å². The van der Waals surface area contributed by atoms with Crippen LogP contribution in [0.5, 0.6) is 0 Å². The quantitative estimate of drug-likeness (QED) is 0.809. The lowest BCUT2D eigenvalue weighted by Gasteiger charge is -2.18. The minimum Gasteiger partial charge on any atom is -0.456 e. The molecule has 0 aromatic heterocycles. The highest BCUT2D eigenvalue weighted by atomic mass is 16.5. The molecule has 0 saturated heterocycles. The number of nitrogens with zero attached hydrogens (tertiary/aromatic N) is 1. The van der Waals surface area contributed by atoms with Crippen molar-refractivity contribution in [2.45, 2.75) is 20.8 Å². The fourth-order valence-corrected chi connectivity index (χ4v) is 1.75. The van der Waals surface area contributed by atoms with Crippen molar-refractivity contribution in [2.24, 2.45) is 0 Å². The number of carbonyl (C=O) groups excluding carboxylic acids is 3. The van der Waals surface area contributed by atoms with Crippen molar-refractivity contribution >= 4 is 23.5 Å². The van der Waals surface area contributed by atoms with Crippen LogP contribution in [-0.2, 0) is 14.3 Å². The van der Waals surface area contributed by atoms with E-state index in [1.165, 1.54) is 6.92 Å². The molecule has 0 unspecified atom stereocenters. The number of ether oxygens (including phenoxy) is 1. The number of hydrogen-bond donors (Lipinski definition) is 1. The van der Waals surface area contributed by atoms with Gasteiger partial charge < -0.3 is 15.0 Å². The smallest absolute Gasteiger partial charge is 0.303 e. The fourth-order valence-electron chi connectivity index (χ4n) is 1.75. The van der Waals surface area contributed by atoms with Crippen LogP contribution in [0, 0.1) is 0 Å². The fraction of sp³-hybridized carbons (Fsp3) is 0.400. The first-order chi connectivity index (χ1) is 9.97. The van der Waals surface area contributed by atoms with Crippen LogP contribution in [0.2, 0.25) is 0 Å². The largest absolute Gasteiger partial charge is 0.456 e. The second kappa shape index (κ2) is 8.04. The number of benzene rings is 1. The van der Waals surface area contributed by atoms with Gasteiger partial charge in [0.1, 0.15) is 0 Å². The average molecular weight is 292 g/mol. The monoisotopic (exact) mass is 292 g/mol. The van der Waals surface area contributed by atoms with Crippen molar-refractivity contribution in [1.82, 2.24) is 4.90 Å². The summed E-state index contributed by atoms with van der Waals surface area (Å²) in [5.74, 6) is -0.976. The minimum atomic E-state index is -0.509. The van der Waals surface area contributed by atoms with E-state index in [0.717, 1.165) is 0 Å². The van der Waals surface area contributed by atoms with E-state index in [2.05, 4.69) is 10.1 Å². The molecule has 1 aromatic rings. The van der Waals surface area contributed by atoms with Crippen molar-refractivity contribution in [1.29, 1.82) is 0 Å². The van der Waals surface area contributed by atoms with E-state index in [0.29, 0.717) is 24.3 Å². The van der Waals surface area contributed by atoms with E-state index >= 15 is 0 Å². The van der Waals surface area contributed by atoms with E-state index in [1.807, 2.05) is 13.8 Å². The maximum atomic E-state index is 12.1. The molecule has 0 heterocycles. The average Bonchev–Trinajstić information content (AvgIpc) is 2.47. The lowest BCUT2D eigenvalue weighted by atomic mass is 10.2. The normalized spacial score (nSPS) is 9.86. The van der Waals surface area contributed by atoms with Gasteiger partial charge in [-0.2, -0.15) is 0 Å². The Morgan fingerprint density at radius 2 is 1.67 bits per heavy atom. The zero-order valence-electron chi connectivity index (χ0n) is 12.5. The molecule has 0 aliphatic carbocycles. The summed E-state index contributed by atoms with van der Waals surface area (Å²) < 4.78 is 4.59. The van der Waals surface area contributed by atoms with Crippen molar-refractivity contribution < 1.29 is 19.1 Å². The van der Waals surface area contributed by atoms with Crippen molar-refractivity contribution in [3.8, 4) is 0 Å². The third-order valence-electron chi connectivity index (χ3n) is 2.87. The van der Waals surface area contributed by atoms with Crippen molar-refractivity contribution in [3.63, 3.8) is 0 Å². The predicted molar refractivity (Wildman–Crippen MR) is 79.0 cm³/mol. The molecule has 114 valence electrons. The van der Waals surface area contributed by atoms with Crippen LogP contribution in [-0.4, -0.2) is 42.4 Å². The summed E-state index contributed by atoms with van der Waals surface area (Å²) >= 11 is 0. The molecule has 0 bridgehead atoms. The Labute approximate surface area is 124 Å². The van der Waals surface area contributed by atoms with E-state index in [4.69, 9.17) is 0 Å². The van der Waals surface area contributed by atoms with E-state index in [9.17, 15) is 14.4 Å². The first kappa shape index (κ1) is 16.7. The summed E-state index contributed by atoms with van der Waals surface area (Å²) in [6.07, 6.45) is 0. The minimum absolute atomic E-state index is 0.0437. The van der Waals surface area contributed by atoms with Gasteiger partial charge in [-0.15, -0.1) is 0 Å². The number of anilines is 1. The second-order valence-corrected chi connectivity index (χ2v) is 4.38. The topological polar surface area (TPSA) is 75.7 Å². The number of amides is 2. The Kier molecular flexibility index (Phi) is 6.39. The zero-order chi connectivity index (χ0) is 15.8. The summed E-state index contributed by atoms with van der Waals surface area (Å²) in [5.41, 5.74) is 1.11. The number of rotatable bonds is 6. The Bertz CT molecular complexity index is 507. The van der Waals surface area contributed by atoms with Crippen LogP contribution < -0.4 is 5.32 Å². The van der Waals surface area contributed by atoms with Crippen molar-refractivity contribution in [2.75, 3.05) is 25.0 Å². The number of esters is 1. The molecule has 0 aliphatic heterocycles. The van der Waals surface area contributed by atoms with Crippen LogP contribution in [0.4, 0.5) is 5.69 Å². The van der Waals surface area contributed by atoms with Gasteiger partial charge >= 0.3 is 5.97 Å². The summed E-state index contributed by atoms with van der Waals surface area (Å²) in [6.45, 7) is 6.05. The van der Waals surface area contributed by atoms with E-state index < -0.39 is 11.9 Å². The number of carbonyl (C=O) groups is 3. The molecule has 6 heteroatoms. The molecule has 6 nitrogen and oxygen atoms in total. The standard InChI is InChI=1S/C15H20N2O4/c1-4-17(5-2)15(20)12-6-8-13(9-7-12)16-14(19)10-21-11(3)18/h6-9H,4-5,10H2,1-3H3,(H,16,19). The molecule has 0 radical (unpaired) electrons. The highest BCUT2D eigenvalue weighted by Crippen LogP contribution is 2.11. The Morgan fingerprint density at radius 3 is 2.14 bits per heavy atom. The molecule has 0 aliphatic rings. The SMILES string of the molecule is CCN(CC)C(=O)c1ccc(NC(=O)COC(C)=O)cc1. The van der Waals surface area contributed by atoms with Gasteiger partial charge in [-0.05, 0) is 38.1 Å². The van der Waals surface area contributed by atoms with Crippen LogP contribution >= 0.6 is 0 Å². The second-order valence-electron chi connectivity index (χ2n) is 4.38. The molecule has 1 aromatic carbocycles. The summed E-state index contributed by atoms with van der Waals surface area (Å²) in [6, 6.07) is 6.59. The van der Waals surface area contributed by atoms with Crippen molar-refractivity contribution in [3.05, 3.63) is 29.8 Å². The molecule has 0 spiro atoms. The third kappa shape index (κ3) is 5.25. The summed E-state index contributed by atoms with van der Waals surface area (Å²) in [5, 5.41) is 2.58. The van der Waals surface area contributed by atoms with Crippen LogP contribution in [0.25, 0.3) is 0 Å². The van der Waals surface area contributed by atoms with Crippen LogP contribution in [0.1, 0.15) is 31.1 Å². The lowest BCUT2D eigenvalue weighted by molar-refractivity contribution is -0.144. The molecule has 1 N–H and O–H groups in total. The van der Waals surface area contributed by atoms with Gasteiger partial charge in [0.25, 0.3) is 11.8 Å². The van der Waals surface area contributed by atoms with E-state index in [-0.39, 0.29) is 12.5 Å². The van der Waals surface area contributed by atoms with Crippen LogP contribution in [0.3, 0.4) is 0 Å². The van der Waals surface area contributed by atoms with Gasteiger partial charge in [-0.3, -0.25) is 14.4 Å². The molecule has 0 saturated carbocycles. The third-order valence-corrected chi connectivity index (χ3v) is 2.87. The molecule has 2 amide bonds. The highest BCUT2D eigenvalue weighted by molar-refractivity contribution is 5.96. The molecule has 0 fully saturated rings. The Morgan fingerprint density at radius 1 is 1.10 bits per heavy atom. The Hall–Kier alpha value is -2.37. The Balaban J connectivity index is 2.63. The first-order valence-electron chi connectivity index (χ1n) is 6.80. The van der Waals surface area contributed by atoms with Gasteiger partial charge in [0.05, 0.1) is 0 Å². The van der Waals surface area contributed by atoms with Gasteiger partial charge in [0.15, 0.2) is 6.61 Å².